The van der Waals surface area contributed by atoms with Crippen LogP contribution in [0.4, 0.5) is 0 Å². The predicted octanol–water partition coefficient (Wildman–Crippen LogP) is 6.41. The van der Waals surface area contributed by atoms with Crippen LogP contribution in [0.2, 0.25) is 0 Å². The quantitative estimate of drug-likeness (QED) is 0.143. The Kier molecular flexibility index (Phi) is 23.0. The van der Waals surface area contributed by atoms with Crippen LogP contribution in [-0.2, 0) is 70.2 Å². The van der Waals surface area contributed by atoms with Crippen LogP contribution in [0.25, 0.3) is 10.8 Å². The molecule has 0 radical (unpaired) electrons. The van der Waals surface area contributed by atoms with E-state index >= 15 is 0 Å². The van der Waals surface area contributed by atoms with E-state index in [0.29, 0.717) is 36.1 Å². The standard InChI is InChI=1S/C65H84N6O14/c1-41-26-27-44(36-54(41)81-12)29-31-53-48-22-19-23-49(37-48)82-39-55(72)69(10)43(3)58(75)67-50(35-45-28-30-46-20-13-14-21-47(46)34-45)61(78)70(11)52(38-84-64(4,5)6)59(76)66-42(2)60(77)68(9)32-17-16-25-56(73)83-40-65(7,8)57(74)62(79)71-33-18-15-24-51(71)63(80)85-53/h13-14,16,19-23,25-28,30,34,36-37,42-43,50-53H,15,17-18,24,29,31-33,35,38-40H2,1-12H3,(H,66,76)(H,67,75)/t42-,43-,50-,51-,52-,53+/m0/s1. The van der Waals surface area contributed by atoms with Crippen molar-refractivity contribution in [3.63, 3.8) is 0 Å². The van der Waals surface area contributed by atoms with E-state index in [1.165, 1.54) is 74.5 Å². The van der Waals surface area contributed by atoms with Gasteiger partial charge in [-0.15, -0.1) is 0 Å². The Bertz CT molecular complexity index is 3120. The number of fused-ring (bicyclic) bond motifs is 4. The van der Waals surface area contributed by atoms with Crippen molar-refractivity contribution in [1.82, 2.24) is 30.2 Å². The number of hydrogen-bond acceptors (Lipinski definition) is 14. The molecule has 85 heavy (non-hydrogen) atoms. The number of carbonyl (C=O) groups excluding carboxylic acids is 9. The molecule has 1 fully saturated rings. The first-order valence-electron chi connectivity index (χ1n) is 28.9. The topological polar surface area (TPSA) is 237 Å². The van der Waals surface area contributed by atoms with E-state index in [2.05, 4.69) is 10.6 Å². The normalized spacial score (nSPS) is 22.8. The van der Waals surface area contributed by atoms with Gasteiger partial charge in [0, 0.05) is 46.7 Å². The van der Waals surface area contributed by atoms with Gasteiger partial charge in [0.2, 0.25) is 29.4 Å². The van der Waals surface area contributed by atoms with E-state index in [-0.39, 0.29) is 51.1 Å². The first kappa shape index (κ1) is 66.0. The van der Waals surface area contributed by atoms with Crippen molar-refractivity contribution in [2.45, 2.75) is 142 Å². The number of Topliss-reactive ketones (excluding diaryl/α,β-unsaturated/α-hetero) is 1. The second-order valence-electron chi connectivity index (χ2n) is 23.7. The van der Waals surface area contributed by atoms with Gasteiger partial charge < -0.3 is 53.9 Å². The van der Waals surface area contributed by atoms with Crippen LogP contribution < -0.4 is 20.1 Å². The minimum absolute atomic E-state index is 0.00584. The van der Waals surface area contributed by atoms with Gasteiger partial charge in [0.05, 0.1) is 24.7 Å². The highest BCUT2D eigenvalue weighted by atomic mass is 16.5. The molecule has 2 aliphatic heterocycles. The summed E-state index contributed by atoms with van der Waals surface area (Å²) in [5.74, 6) is -5.45. The van der Waals surface area contributed by atoms with Gasteiger partial charge in [-0.25, -0.2) is 9.59 Å². The second-order valence-corrected chi connectivity index (χ2v) is 23.7. The highest BCUT2D eigenvalue weighted by Gasteiger charge is 2.43. The maximum Gasteiger partial charge on any atom is 0.330 e. The molecule has 2 N–H and O–H groups in total. The van der Waals surface area contributed by atoms with Gasteiger partial charge in [-0.1, -0.05) is 72.8 Å². The summed E-state index contributed by atoms with van der Waals surface area (Å²) < 4.78 is 29.5. The Labute approximate surface area is 498 Å². The first-order chi connectivity index (χ1) is 40.2. The molecule has 20 heteroatoms. The third-order valence-corrected chi connectivity index (χ3v) is 15.4. The first-order valence-corrected chi connectivity index (χ1v) is 28.9. The molecule has 6 rings (SSSR count). The van der Waals surface area contributed by atoms with Crippen molar-refractivity contribution in [2.24, 2.45) is 5.41 Å². The number of ether oxygens (including phenoxy) is 5. The molecule has 0 aromatic heterocycles. The van der Waals surface area contributed by atoms with Crippen molar-refractivity contribution >= 4 is 63.9 Å². The number of methoxy groups -OCH3 is 1. The smallest absolute Gasteiger partial charge is 0.330 e. The van der Waals surface area contributed by atoms with Gasteiger partial charge >= 0.3 is 11.9 Å². The molecule has 0 spiro atoms. The van der Waals surface area contributed by atoms with Crippen molar-refractivity contribution in [2.75, 3.05) is 61.2 Å². The SMILES string of the molecule is COc1cc(CC[C@H]2OC(=O)[C@@H]3CCCCN3C(=O)C(=O)C(C)(C)COC(=O)C=CCCN(C)C(=O)[C@H](C)NC(=O)[C@H](COC(C)(C)C)N(C)C(=O)[C@H](Cc3ccc4ccccc4c3)NC(=O)[C@H](C)N(C)C(=O)COc3cccc2c3)ccc1C. The van der Waals surface area contributed by atoms with Crippen LogP contribution in [0.3, 0.4) is 0 Å². The fourth-order valence-corrected chi connectivity index (χ4v) is 9.92. The lowest BCUT2D eigenvalue weighted by molar-refractivity contribution is -0.165. The third-order valence-electron chi connectivity index (χ3n) is 15.4. The molecule has 0 aliphatic carbocycles. The monoisotopic (exact) mass is 1170 g/mol. The van der Waals surface area contributed by atoms with Crippen LogP contribution in [0.1, 0.15) is 109 Å². The summed E-state index contributed by atoms with van der Waals surface area (Å²) in [7, 11) is 5.97. The van der Waals surface area contributed by atoms with Gasteiger partial charge in [-0.2, -0.15) is 0 Å². The highest BCUT2D eigenvalue weighted by molar-refractivity contribution is 6.38. The Balaban J connectivity index is 1.32. The maximum atomic E-state index is 14.9. The third kappa shape index (κ3) is 18.2. The number of hydrogen-bond donors (Lipinski definition) is 2. The van der Waals surface area contributed by atoms with Gasteiger partial charge in [0.25, 0.3) is 11.8 Å². The summed E-state index contributed by atoms with van der Waals surface area (Å²) in [5.41, 5.74) is 0.809. The molecule has 2 heterocycles. The van der Waals surface area contributed by atoms with E-state index in [1.807, 2.05) is 67.6 Å². The molecule has 458 valence electrons. The van der Waals surface area contributed by atoms with E-state index in [1.54, 1.807) is 52.1 Å². The zero-order chi connectivity index (χ0) is 62.3. The molecular formula is C65H84N6O14. The lowest BCUT2D eigenvalue weighted by Gasteiger charge is -2.36. The zero-order valence-corrected chi connectivity index (χ0v) is 51.2. The summed E-state index contributed by atoms with van der Waals surface area (Å²) >= 11 is 0. The number of carbonyl (C=O) groups is 9. The molecule has 6 amide bonds. The lowest BCUT2D eigenvalue weighted by atomic mass is 9.87. The summed E-state index contributed by atoms with van der Waals surface area (Å²) in [4.78, 5) is 132. The number of likely N-dealkylation sites (N-methyl/N-ethyl adjacent to an activating group) is 3. The molecule has 6 atom stereocenters. The summed E-state index contributed by atoms with van der Waals surface area (Å²) in [6.45, 7) is 12.2. The lowest BCUT2D eigenvalue weighted by Crippen LogP contribution is -2.60. The average Bonchev–Trinajstić information content (AvgIpc) is 3.44. The largest absolute Gasteiger partial charge is 0.496 e. The Morgan fingerprint density at radius 1 is 0.753 bits per heavy atom. The van der Waals surface area contributed by atoms with Gasteiger partial charge in [-0.3, -0.25) is 33.6 Å². The fraction of sp³-hybridized carbons (Fsp3) is 0.492. The Hall–Kier alpha value is -8.13. The summed E-state index contributed by atoms with van der Waals surface area (Å²) in [6.07, 6.45) is 3.98. The maximum absolute atomic E-state index is 14.9. The van der Waals surface area contributed by atoms with Crippen molar-refractivity contribution < 1.29 is 66.8 Å². The minimum atomic E-state index is -1.49. The van der Waals surface area contributed by atoms with Crippen LogP contribution in [0, 0.1) is 12.3 Å². The van der Waals surface area contributed by atoms with E-state index in [9.17, 15) is 43.2 Å². The van der Waals surface area contributed by atoms with E-state index in [4.69, 9.17) is 23.7 Å². The highest BCUT2D eigenvalue weighted by Crippen LogP contribution is 2.32. The number of cyclic esters (lactones) is 2. The molecule has 0 saturated carbocycles. The van der Waals surface area contributed by atoms with Crippen molar-refractivity contribution in [1.29, 1.82) is 0 Å². The van der Waals surface area contributed by atoms with Gasteiger partial charge in [-0.05, 0) is 145 Å². The molecule has 2 bridgehead atoms. The summed E-state index contributed by atoms with van der Waals surface area (Å²) in [6, 6.07) is 20.0. The van der Waals surface area contributed by atoms with Crippen LogP contribution in [0.5, 0.6) is 11.5 Å². The number of aryl methyl sites for hydroxylation is 2. The van der Waals surface area contributed by atoms with Crippen molar-refractivity contribution in [3.05, 3.63) is 119 Å². The van der Waals surface area contributed by atoms with Crippen LogP contribution >= 0.6 is 0 Å². The molecule has 4 aromatic rings. The number of nitrogens with one attached hydrogen (secondary N) is 2. The van der Waals surface area contributed by atoms with E-state index in [0.717, 1.165) is 28.0 Å². The second kappa shape index (κ2) is 29.6. The molecule has 20 nitrogen and oxygen atoms in total. The van der Waals surface area contributed by atoms with Crippen LogP contribution in [0.15, 0.2) is 97.1 Å². The number of amides is 6. The summed E-state index contributed by atoms with van der Waals surface area (Å²) in [5, 5.41) is 7.47. The molecular weight excluding hydrogens is 1090 g/mol. The Morgan fingerprint density at radius 3 is 2.19 bits per heavy atom. The molecule has 0 unspecified atom stereocenters. The van der Waals surface area contributed by atoms with Crippen molar-refractivity contribution in [3.8, 4) is 11.5 Å². The molecule has 4 aromatic carbocycles. The molecule has 1 saturated heterocycles. The van der Waals surface area contributed by atoms with Crippen LogP contribution in [-0.4, -0.2) is 170 Å². The average molecular weight is 1170 g/mol. The number of piperidine rings is 1. The zero-order valence-electron chi connectivity index (χ0n) is 51.2. The number of ketones is 1. The Morgan fingerprint density at radius 2 is 1.47 bits per heavy atom. The minimum Gasteiger partial charge on any atom is -0.496 e. The predicted molar refractivity (Wildman–Crippen MR) is 319 cm³/mol. The number of nitrogens with zero attached hydrogens (tertiary/aromatic N) is 4. The number of rotatable bonds is 8. The number of esters is 2. The molecule has 2 aliphatic rings. The van der Waals surface area contributed by atoms with Gasteiger partial charge in [0.15, 0.2) is 6.61 Å². The fourth-order valence-electron chi connectivity index (χ4n) is 9.92. The van der Waals surface area contributed by atoms with E-state index < -0.39 is 114 Å². The number of benzene rings is 4. The van der Waals surface area contributed by atoms with Gasteiger partial charge in [0.1, 0.15) is 54.4 Å².